The largest absolute Gasteiger partial charge is 0.489 e. The molecule has 0 unspecified atom stereocenters. The molecule has 1 atom stereocenters. The van der Waals surface area contributed by atoms with E-state index in [1.165, 1.54) is 0 Å². The number of hydrogen-bond donors (Lipinski definition) is 1. The molecule has 0 saturated heterocycles. The summed E-state index contributed by atoms with van der Waals surface area (Å²) in [7, 11) is 0. The Morgan fingerprint density at radius 2 is 1.94 bits per heavy atom. The summed E-state index contributed by atoms with van der Waals surface area (Å²) in [6.07, 6.45) is 0. The van der Waals surface area contributed by atoms with Gasteiger partial charge in [0.2, 0.25) is 0 Å². The highest BCUT2D eigenvalue weighted by atomic mass is 35.5. The number of halogens is 1. The van der Waals surface area contributed by atoms with E-state index in [1.54, 1.807) is 0 Å². The number of hydrogen-bond acceptors (Lipinski definition) is 2. The van der Waals surface area contributed by atoms with Crippen LogP contribution in [-0.4, -0.2) is 0 Å². The standard InChI is InChI=1S/C15H16ClNO/c1-11(17)12-6-4-7-14(9-12)18-10-13-5-2-3-8-15(13)16/h2-9,11H,10,17H2,1H3/t11-/m0/s1. The van der Waals surface area contributed by atoms with Gasteiger partial charge in [-0.2, -0.15) is 0 Å². The van der Waals surface area contributed by atoms with Gasteiger partial charge in [-0.25, -0.2) is 0 Å². The van der Waals surface area contributed by atoms with E-state index in [0.29, 0.717) is 6.61 Å². The molecule has 2 aromatic rings. The van der Waals surface area contributed by atoms with Crippen molar-refractivity contribution in [3.63, 3.8) is 0 Å². The van der Waals surface area contributed by atoms with Crippen LogP contribution in [0.2, 0.25) is 5.02 Å². The van der Waals surface area contributed by atoms with Crippen LogP contribution in [0.1, 0.15) is 24.1 Å². The molecular formula is C15H16ClNO. The molecule has 3 heteroatoms. The lowest BCUT2D eigenvalue weighted by molar-refractivity contribution is 0.306. The van der Waals surface area contributed by atoms with Crippen molar-refractivity contribution >= 4 is 11.6 Å². The molecule has 0 aliphatic carbocycles. The minimum Gasteiger partial charge on any atom is -0.489 e. The molecule has 18 heavy (non-hydrogen) atoms. The zero-order valence-electron chi connectivity index (χ0n) is 10.3. The van der Waals surface area contributed by atoms with E-state index in [0.717, 1.165) is 21.9 Å². The van der Waals surface area contributed by atoms with Gasteiger partial charge in [-0.05, 0) is 30.7 Å². The van der Waals surface area contributed by atoms with Gasteiger partial charge >= 0.3 is 0 Å². The molecule has 0 aliphatic rings. The van der Waals surface area contributed by atoms with Crippen LogP contribution >= 0.6 is 11.6 Å². The van der Waals surface area contributed by atoms with E-state index in [4.69, 9.17) is 22.1 Å². The second-order valence-electron chi connectivity index (χ2n) is 4.24. The van der Waals surface area contributed by atoms with Crippen LogP contribution in [0.15, 0.2) is 48.5 Å². The summed E-state index contributed by atoms with van der Waals surface area (Å²) in [5.41, 5.74) is 7.88. The highest BCUT2D eigenvalue weighted by molar-refractivity contribution is 6.31. The molecule has 2 rings (SSSR count). The molecule has 0 radical (unpaired) electrons. The maximum absolute atomic E-state index is 6.07. The first kappa shape index (κ1) is 12.9. The molecule has 0 heterocycles. The molecule has 0 aromatic heterocycles. The maximum Gasteiger partial charge on any atom is 0.120 e. The predicted molar refractivity (Wildman–Crippen MR) is 74.8 cm³/mol. The van der Waals surface area contributed by atoms with Gasteiger partial charge in [0.15, 0.2) is 0 Å². The van der Waals surface area contributed by atoms with E-state index < -0.39 is 0 Å². The number of benzene rings is 2. The van der Waals surface area contributed by atoms with E-state index in [9.17, 15) is 0 Å². The number of rotatable bonds is 4. The van der Waals surface area contributed by atoms with E-state index in [1.807, 2.05) is 55.5 Å². The van der Waals surface area contributed by atoms with Crippen LogP contribution < -0.4 is 10.5 Å². The molecular weight excluding hydrogens is 246 g/mol. The van der Waals surface area contributed by atoms with Crippen molar-refractivity contribution in [2.45, 2.75) is 19.6 Å². The topological polar surface area (TPSA) is 35.2 Å². The highest BCUT2D eigenvalue weighted by Crippen LogP contribution is 2.21. The van der Waals surface area contributed by atoms with Crippen molar-refractivity contribution in [3.8, 4) is 5.75 Å². The van der Waals surface area contributed by atoms with Gasteiger partial charge in [-0.15, -0.1) is 0 Å². The SMILES string of the molecule is C[C@H](N)c1cccc(OCc2ccccc2Cl)c1. The van der Waals surface area contributed by atoms with E-state index in [2.05, 4.69) is 0 Å². The quantitative estimate of drug-likeness (QED) is 0.905. The Hall–Kier alpha value is -1.51. The molecule has 0 amide bonds. The fourth-order valence-electron chi connectivity index (χ4n) is 1.66. The lowest BCUT2D eigenvalue weighted by Gasteiger charge is -2.10. The second kappa shape index (κ2) is 5.89. The molecule has 94 valence electrons. The Balaban J connectivity index is 2.07. The van der Waals surface area contributed by atoms with Crippen molar-refractivity contribution in [3.05, 3.63) is 64.7 Å². The van der Waals surface area contributed by atoms with Crippen LogP contribution in [0.25, 0.3) is 0 Å². The molecule has 2 nitrogen and oxygen atoms in total. The number of nitrogens with two attached hydrogens (primary N) is 1. The van der Waals surface area contributed by atoms with Crippen LogP contribution in [0, 0.1) is 0 Å². The van der Waals surface area contributed by atoms with Gasteiger partial charge < -0.3 is 10.5 Å². The molecule has 0 spiro atoms. The van der Waals surface area contributed by atoms with Gasteiger partial charge in [0.25, 0.3) is 0 Å². The zero-order valence-corrected chi connectivity index (χ0v) is 11.0. The minimum absolute atomic E-state index is 0.00821. The first-order chi connectivity index (χ1) is 8.66. The van der Waals surface area contributed by atoms with Crippen LogP contribution in [0.5, 0.6) is 5.75 Å². The third-order valence-electron chi connectivity index (χ3n) is 2.74. The number of ether oxygens (including phenoxy) is 1. The lowest BCUT2D eigenvalue weighted by atomic mass is 10.1. The predicted octanol–water partition coefficient (Wildman–Crippen LogP) is 3.94. The fraction of sp³-hybridized carbons (Fsp3) is 0.200. The van der Waals surface area contributed by atoms with Crippen LogP contribution in [0.4, 0.5) is 0 Å². The van der Waals surface area contributed by atoms with Crippen molar-refractivity contribution in [2.75, 3.05) is 0 Å². The molecule has 0 aliphatic heterocycles. The molecule has 0 bridgehead atoms. The van der Waals surface area contributed by atoms with Crippen LogP contribution in [-0.2, 0) is 6.61 Å². The third kappa shape index (κ3) is 3.25. The summed E-state index contributed by atoms with van der Waals surface area (Å²) in [6, 6.07) is 15.5. The van der Waals surface area contributed by atoms with Gasteiger partial charge in [0, 0.05) is 16.6 Å². The summed E-state index contributed by atoms with van der Waals surface area (Å²) in [5, 5.41) is 0.723. The highest BCUT2D eigenvalue weighted by Gasteiger charge is 2.03. The van der Waals surface area contributed by atoms with Gasteiger partial charge in [-0.1, -0.05) is 41.9 Å². The maximum atomic E-state index is 6.07. The molecule has 0 fully saturated rings. The average Bonchev–Trinajstić information content (AvgIpc) is 2.38. The second-order valence-corrected chi connectivity index (χ2v) is 4.65. The van der Waals surface area contributed by atoms with Gasteiger partial charge in [0.1, 0.15) is 12.4 Å². The molecule has 0 saturated carbocycles. The van der Waals surface area contributed by atoms with Crippen LogP contribution in [0.3, 0.4) is 0 Å². The van der Waals surface area contributed by atoms with E-state index >= 15 is 0 Å². The zero-order chi connectivity index (χ0) is 13.0. The Labute approximate surface area is 112 Å². The Kier molecular flexibility index (Phi) is 4.24. The minimum atomic E-state index is 0.00821. The Morgan fingerprint density at radius 1 is 1.17 bits per heavy atom. The normalized spacial score (nSPS) is 12.2. The summed E-state index contributed by atoms with van der Waals surface area (Å²) in [6.45, 7) is 2.41. The first-order valence-electron chi connectivity index (χ1n) is 5.88. The molecule has 2 N–H and O–H groups in total. The summed E-state index contributed by atoms with van der Waals surface area (Å²) >= 11 is 6.07. The fourth-order valence-corrected chi connectivity index (χ4v) is 1.85. The van der Waals surface area contributed by atoms with E-state index in [-0.39, 0.29) is 6.04 Å². The monoisotopic (exact) mass is 261 g/mol. The van der Waals surface area contributed by atoms with Crippen molar-refractivity contribution in [1.29, 1.82) is 0 Å². The average molecular weight is 262 g/mol. The summed E-state index contributed by atoms with van der Waals surface area (Å²) in [5.74, 6) is 0.810. The Morgan fingerprint density at radius 3 is 2.67 bits per heavy atom. The van der Waals surface area contributed by atoms with Gasteiger partial charge in [-0.3, -0.25) is 0 Å². The lowest BCUT2D eigenvalue weighted by Crippen LogP contribution is -2.05. The third-order valence-corrected chi connectivity index (χ3v) is 3.10. The smallest absolute Gasteiger partial charge is 0.120 e. The van der Waals surface area contributed by atoms with Crippen molar-refractivity contribution < 1.29 is 4.74 Å². The Bertz CT molecular complexity index is 525. The van der Waals surface area contributed by atoms with Crippen molar-refractivity contribution in [2.24, 2.45) is 5.73 Å². The van der Waals surface area contributed by atoms with Gasteiger partial charge in [0.05, 0.1) is 0 Å². The first-order valence-corrected chi connectivity index (χ1v) is 6.26. The summed E-state index contributed by atoms with van der Waals surface area (Å²) < 4.78 is 5.72. The summed E-state index contributed by atoms with van der Waals surface area (Å²) in [4.78, 5) is 0. The van der Waals surface area contributed by atoms with Crippen molar-refractivity contribution in [1.82, 2.24) is 0 Å². The molecule has 2 aromatic carbocycles.